The molecule has 0 aliphatic rings. The largest absolute Gasteiger partial charge is 2.00 e. The molecule has 0 aliphatic carbocycles. The molecule has 0 atom stereocenters. The minimum absolute atomic E-state index is 0. The molecule has 0 spiro atoms. The molecule has 3 aromatic heterocycles. The van der Waals surface area contributed by atoms with E-state index in [9.17, 15) is 0 Å². The molecule has 232 valence electrons. The van der Waals surface area contributed by atoms with Crippen molar-refractivity contribution in [3.8, 4) is 34.1 Å². The van der Waals surface area contributed by atoms with Crippen LogP contribution in [-0.2, 0) is 26.8 Å². The van der Waals surface area contributed by atoms with Crippen LogP contribution in [0, 0.1) is 46.8 Å². The number of nitrogens with zero attached hydrogens (tertiary/aromatic N) is 4. The SMILES string of the molecule is CCCc1cc(Oc2[c-]c3c(cc2)c2ccccc2n3-c2cc(C)ccn2)[c-]c(-n2nc(C)c(-c3c(C)cccc3C)c2C)c1.[Pd+2]. The Balaban J connectivity index is 0.00000372. The van der Waals surface area contributed by atoms with Crippen molar-refractivity contribution < 1.29 is 25.2 Å². The van der Waals surface area contributed by atoms with Crippen molar-refractivity contribution in [3.63, 3.8) is 0 Å². The smallest absolute Gasteiger partial charge is 0.509 e. The Morgan fingerprint density at radius 3 is 2.30 bits per heavy atom. The summed E-state index contributed by atoms with van der Waals surface area (Å²) >= 11 is 0. The monoisotopic (exact) mass is 694 g/mol. The second-order valence-corrected chi connectivity index (χ2v) is 11.9. The zero-order valence-corrected chi connectivity index (χ0v) is 28.6. The van der Waals surface area contributed by atoms with Crippen molar-refractivity contribution in [2.45, 2.75) is 54.4 Å². The van der Waals surface area contributed by atoms with Crippen molar-refractivity contribution in [1.82, 2.24) is 19.3 Å². The van der Waals surface area contributed by atoms with Crippen LogP contribution in [0.2, 0.25) is 0 Å². The molecule has 5 nitrogen and oxygen atoms in total. The third-order valence-electron chi connectivity index (χ3n) is 8.59. The van der Waals surface area contributed by atoms with E-state index in [2.05, 4.69) is 125 Å². The Hall–Kier alpha value is -4.50. The molecule has 0 saturated heterocycles. The number of benzene rings is 4. The Labute approximate surface area is 284 Å². The number of pyridine rings is 1. The van der Waals surface area contributed by atoms with Gasteiger partial charge < -0.3 is 9.30 Å². The third-order valence-corrected chi connectivity index (χ3v) is 8.59. The van der Waals surface area contributed by atoms with Crippen LogP contribution in [0.1, 0.15) is 47.0 Å². The predicted octanol–water partition coefficient (Wildman–Crippen LogP) is 9.92. The molecule has 0 aliphatic heterocycles. The zero-order valence-electron chi connectivity index (χ0n) is 27.0. The van der Waals surface area contributed by atoms with E-state index in [4.69, 9.17) is 14.8 Å². The number of rotatable bonds is 7. The van der Waals surface area contributed by atoms with Crippen LogP contribution in [0.25, 0.3) is 44.4 Å². The van der Waals surface area contributed by atoms with Crippen LogP contribution >= 0.6 is 0 Å². The standard InChI is InChI=1S/C40H36N4O.Pd/c1-7-11-30-21-31(44-29(6)40(28(5)42-44)39-26(3)12-10-13-27(39)4)23-33(22-30)45-32-16-17-35-34-14-8-9-15-36(34)43(37(35)24-32)38-20-25(2)18-19-41-38;/h8-10,12-22H,7,11H2,1-6H3;/q-2;+2. The van der Waals surface area contributed by atoms with Gasteiger partial charge in [-0.3, -0.25) is 4.68 Å². The molecule has 46 heavy (non-hydrogen) atoms. The summed E-state index contributed by atoms with van der Waals surface area (Å²) in [6.07, 6.45) is 3.80. The Morgan fingerprint density at radius 1 is 0.761 bits per heavy atom. The van der Waals surface area contributed by atoms with Gasteiger partial charge >= 0.3 is 20.4 Å². The first-order valence-corrected chi connectivity index (χ1v) is 15.6. The summed E-state index contributed by atoms with van der Waals surface area (Å²) in [5, 5.41) is 7.28. The van der Waals surface area contributed by atoms with Crippen molar-refractivity contribution in [2.75, 3.05) is 0 Å². The minimum Gasteiger partial charge on any atom is -0.509 e. The molecule has 4 aromatic carbocycles. The maximum atomic E-state index is 6.56. The van der Waals surface area contributed by atoms with E-state index in [0.29, 0.717) is 11.5 Å². The number of para-hydroxylation sites is 1. The van der Waals surface area contributed by atoms with Crippen molar-refractivity contribution in [1.29, 1.82) is 0 Å². The Kier molecular flexibility index (Phi) is 8.70. The van der Waals surface area contributed by atoms with E-state index >= 15 is 0 Å². The molecule has 0 amide bonds. The fourth-order valence-electron chi connectivity index (χ4n) is 6.57. The van der Waals surface area contributed by atoms with E-state index in [-0.39, 0.29) is 20.4 Å². The van der Waals surface area contributed by atoms with Gasteiger partial charge in [0, 0.05) is 34.5 Å². The summed E-state index contributed by atoms with van der Waals surface area (Å²) < 4.78 is 10.7. The summed E-state index contributed by atoms with van der Waals surface area (Å²) in [5.41, 5.74) is 12.2. The molecule has 7 rings (SSSR count). The molecule has 0 fully saturated rings. The molecule has 0 unspecified atom stereocenters. The number of ether oxygens (including phenoxy) is 1. The first-order valence-electron chi connectivity index (χ1n) is 15.6. The van der Waals surface area contributed by atoms with Gasteiger partial charge in [0.1, 0.15) is 5.82 Å². The number of aromatic nitrogens is 4. The summed E-state index contributed by atoms with van der Waals surface area (Å²) in [5.74, 6) is 2.13. The molecular weight excluding hydrogens is 659 g/mol. The molecule has 0 bridgehead atoms. The maximum absolute atomic E-state index is 6.56. The molecule has 0 N–H and O–H groups in total. The summed E-state index contributed by atoms with van der Waals surface area (Å²) in [7, 11) is 0. The van der Waals surface area contributed by atoms with Crippen molar-refractivity contribution in [2.24, 2.45) is 0 Å². The average Bonchev–Trinajstić information content (AvgIpc) is 3.50. The van der Waals surface area contributed by atoms with Gasteiger partial charge in [-0.25, -0.2) is 4.98 Å². The summed E-state index contributed by atoms with van der Waals surface area (Å²) in [4.78, 5) is 4.71. The molecule has 7 aromatic rings. The van der Waals surface area contributed by atoms with Gasteiger partial charge in [-0.05, 0) is 86.1 Å². The van der Waals surface area contributed by atoms with Gasteiger partial charge in [-0.2, -0.15) is 16.7 Å². The van der Waals surface area contributed by atoms with Crippen LogP contribution in [0.3, 0.4) is 0 Å². The van der Waals surface area contributed by atoms with Gasteiger partial charge in [0.25, 0.3) is 0 Å². The minimum atomic E-state index is 0. The van der Waals surface area contributed by atoms with E-state index in [1.807, 2.05) is 23.0 Å². The normalized spacial score (nSPS) is 11.3. The molecule has 0 saturated carbocycles. The third kappa shape index (κ3) is 5.57. The first kappa shape index (κ1) is 31.5. The average molecular weight is 695 g/mol. The Morgan fingerprint density at radius 2 is 1.54 bits per heavy atom. The fraction of sp³-hybridized carbons (Fsp3) is 0.200. The summed E-state index contributed by atoms with van der Waals surface area (Å²) in [6, 6.07) is 34.5. The number of hydrogen-bond donors (Lipinski definition) is 0. The fourth-order valence-corrected chi connectivity index (χ4v) is 6.57. The van der Waals surface area contributed by atoms with Gasteiger partial charge in [0.15, 0.2) is 0 Å². The van der Waals surface area contributed by atoms with Gasteiger partial charge in [-0.15, -0.1) is 35.7 Å². The summed E-state index contributed by atoms with van der Waals surface area (Å²) in [6.45, 7) is 12.8. The van der Waals surface area contributed by atoms with Gasteiger partial charge in [0.2, 0.25) is 0 Å². The van der Waals surface area contributed by atoms with E-state index < -0.39 is 0 Å². The number of hydrogen-bond acceptors (Lipinski definition) is 3. The topological polar surface area (TPSA) is 44.9 Å². The maximum Gasteiger partial charge on any atom is 2.00 e. The molecule has 0 radical (unpaired) electrons. The van der Waals surface area contributed by atoms with Gasteiger partial charge in [0.05, 0.1) is 5.69 Å². The van der Waals surface area contributed by atoms with Crippen LogP contribution in [0.15, 0.2) is 85.1 Å². The molecular formula is C40H36N4OPd. The van der Waals surface area contributed by atoms with Crippen molar-refractivity contribution >= 4 is 21.8 Å². The number of aryl methyl sites for hydroxylation is 5. The number of fused-ring (bicyclic) bond motifs is 3. The second-order valence-electron chi connectivity index (χ2n) is 11.9. The Bertz CT molecular complexity index is 2210. The molecule has 6 heteroatoms. The van der Waals surface area contributed by atoms with Crippen LogP contribution < -0.4 is 4.74 Å². The zero-order chi connectivity index (χ0) is 31.2. The predicted molar refractivity (Wildman–Crippen MR) is 183 cm³/mol. The second kappa shape index (κ2) is 12.7. The van der Waals surface area contributed by atoms with Crippen LogP contribution in [0.4, 0.5) is 0 Å². The molecule has 3 heterocycles. The van der Waals surface area contributed by atoms with E-state index in [1.165, 1.54) is 27.8 Å². The van der Waals surface area contributed by atoms with E-state index in [0.717, 1.165) is 63.1 Å². The van der Waals surface area contributed by atoms with E-state index in [1.54, 1.807) is 0 Å². The van der Waals surface area contributed by atoms with Gasteiger partial charge in [-0.1, -0.05) is 61.7 Å². The van der Waals surface area contributed by atoms with Crippen molar-refractivity contribution in [3.05, 3.63) is 131 Å². The van der Waals surface area contributed by atoms with Crippen LogP contribution in [0.5, 0.6) is 11.5 Å². The van der Waals surface area contributed by atoms with Crippen LogP contribution in [-0.4, -0.2) is 19.3 Å². The quantitative estimate of drug-likeness (QED) is 0.123. The first-order chi connectivity index (χ1) is 21.8.